The average molecular weight is 291 g/mol. The van der Waals surface area contributed by atoms with Gasteiger partial charge in [-0.25, -0.2) is 0 Å². The molecule has 116 valence electrons. The van der Waals surface area contributed by atoms with Crippen molar-refractivity contribution in [3.05, 3.63) is 12.1 Å². The Labute approximate surface area is 126 Å². The fraction of sp³-hybridized carbons (Fsp3) is 0.688. The number of hydrogen-bond donors (Lipinski definition) is 1. The number of aromatic nitrogens is 1. The van der Waals surface area contributed by atoms with E-state index in [1.165, 1.54) is 19.3 Å². The lowest BCUT2D eigenvalue weighted by Gasteiger charge is -2.44. The van der Waals surface area contributed by atoms with E-state index in [4.69, 9.17) is 15.2 Å². The van der Waals surface area contributed by atoms with Gasteiger partial charge in [0, 0.05) is 6.54 Å². The van der Waals surface area contributed by atoms with Crippen LogP contribution in [0, 0.1) is 0 Å². The first kappa shape index (κ1) is 14.4. The summed E-state index contributed by atoms with van der Waals surface area (Å²) in [6.45, 7) is 5.63. The smallest absolute Gasteiger partial charge is 0.239 e. The van der Waals surface area contributed by atoms with Crippen molar-refractivity contribution in [1.29, 1.82) is 0 Å². The highest BCUT2D eigenvalue weighted by atomic mass is 16.5. The van der Waals surface area contributed by atoms with Gasteiger partial charge < -0.3 is 20.1 Å². The molecular weight excluding hydrogens is 266 g/mol. The Bertz CT molecular complexity index is 490. The highest BCUT2D eigenvalue weighted by molar-refractivity contribution is 5.55. The molecule has 2 aliphatic rings. The predicted molar refractivity (Wildman–Crippen MR) is 83.8 cm³/mol. The first-order valence-electron chi connectivity index (χ1n) is 7.96. The molecule has 0 aromatic carbocycles. The summed E-state index contributed by atoms with van der Waals surface area (Å²) in [7, 11) is 0. The van der Waals surface area contributed by atoms with Crippen LogP contribution in [0.25, 0.3) is 0 Å². The van der Waals surface area contributed by atoms with E-state index in [0.29, 0.717) is 23.7 Å². The monoisotopic (exact) mass is 291 g/mol. The maximum Gasteiger partial charge on any atom is 0.239 e. The van der Waals surface area contributed by atoms with Crippen molar-refractivity contribution in [1.82, 2.24) is 4.98 Å². The molecule has 1 aromatic heterocycles. The van der Waals surface area contributed by atoms with Crippen LogP contribution in [0.3, 0.4) is 0 Å². The van der Waals surface area contributed by atoms with Crippen molar-refractivity contribution >= 4 is 11.5 Å². The Balaban J connectivity index is 1.84. The minimum atomic E-state index is 0.0715. The van der Waals surface area contributed by atoms with Gasteiger partial charge in [0.2, 0.25) is 5.88 Å². The topological polar surface area (TPSA) is 60.6 Å². The summed E-state index contributed by atoms with van der Waals surface area (Å²) in [5, 5.41) is 0. The SMILES string of the molecule is CC(C)Oc1nc(N2CCOC3CCCCC32)ccc1N. The van der Waals surface area contributed by atoms with E-state index in [-0.39, 0.29) is 6.10 Å². The van der Waals surface area contributed by atoms with Crippen LogP contribution in [0.1, 0.15) is 39.5 Å². The molecule has 1 saturated carbocycles. The maximum absolute atomic E-state index is 5.97. The molecule has 5 heteroatoms. The van der Waals surface area contributed by atoms with E-state index in [9.17, 15) is 0 Å². The molecule has 2 atom stereocenters. The zero-order valence-electron chi connectivity index (χ0n) is 12.9. The van der Waals surface area contributed by atoms with E-state index >= 15 is 0 Å². The van der Waals surface area contributed by atoms with Gasteiger partial charge in [-0.1, -0.05) is 12.8 Å². The van der Waals surface area contributed by atoms with Crippen LogP contribution in [0.4, 0.5) is 11.5 Å². The molecule has 5 nitrogen and oxygen atoms in total. The molecule has 1 aromatic rings. The molecule has 1 aliphatic carbocycles. The normalized spacial score (nSPS) is 25.8. The molecule has 2 unspecified atom stereocenters. The largest absolute Gasteiger partial charge is 0.473 e. The summed E-state index contributed by atoms with van der Waals surface area (Å²) in [6.07, 6.45) is 5.29. The van der Waals surface area contributed by atoms with Crippen LogP contribution in [0.2, 0.25) is 0 Å². The first-order valence-corrected chi connectivity index (χ1v) is 7.96. The second kappa shape index (κ2) is 6.10. The minimum Gasteiger partial charge on any atom is -0.473 e. The molecule has 1 saturated heterocycles. The van der Waals surface area contributed by atoms with Gasteiger partial charge in [-0.15, -0.1) is 0 Å². The second-order valence-electron chi connectivity index (χ2n) is 6.18. The molecule has 0 spiro atoms. The molecular formula is C16H25N3O2. The standard InChI is InChI=1S/C16H25N3O2/c1-11(2)21-16-12(17)7-8-15(18-16)19-9-10-20-14-6-4-3-5-13(14)19/h7-8,11,13-14H,3-6,9-10,17H2,1-2H3. The van der Waals surface area contributed by atoms with Gasteiger partial charge in [-0.3, -0.25) is 0 Å². The lowest BCUT2D eigenvalue weighted by atomic mass is 9.90. The Hall–Kier alpha value is -1.49. The molecule has 1 aliphatic heterocycles. The number of hydrogen-bond acceptors (Lipinski definition) is 5. The lowest BCUT2D eigenvalue weighted by molar-refractivity contribution is -0.00903. The predicted octanol–water partition coefficient (Wildman–Crippen LogP) is 2.60. The van der Waals surface area contributed by atoms with Gasteiger partial charge in [-0.2, -0.15) is 4.98 Å². The van der Waals surface area contributed by atoms with E-state index in [2.05, 4.69) is 9.88 Å². The number of ether oxygens (including phenoxy) is 2. The summed E-state index contributed by atoms with van der Waals surface area (Å²) in [6, 6.07) is 4.34. The third-order valence-electron chi connectivity index (χ3n) is 4.25. The van der Waals surface area contributed by atoms with Crippen LogP contribution in [0.15, 0.2) is 12.1 Å². The highest BCUT2D eigenvalue weighted by Gasteiger charge is 2.35. The molecule has 2 heterocycles. The van der Waals surface area contributed by atoms with Crippen LogP contribution < -0.4 is 15.4 Å². The van der Waals surface area contributed by atoms with Gasteiger partial charge >= 0.3 is 0 Å². The van der Waals surface area contributed by atoms with E-state index in [1.807, 2.05) is 26.0 Å². The van der Waals surface area contributed by atoms with Gasteiger partial charge in [-0.05, 0) is 38.8 Å². The Morgan fingerprint density at radius 1 is 1.33 bits per heavy atom. The summed E-state index contributed by atoms with van der Waals surface area (Å²) in [4.78, 5) is 7.03. The van der Waals surface area contributed by atoms with Crippen molar-refractivity contribution in [3.8, 4) is 5.88 Å². The average Bonchev–Trinajstić information content (AvgIpc) is 2.48. The number of nitrogen functional groups attached to an aromatic ring is 1. The Kier molecular flexibility index (Phi) is 4.19. The van der Waals surface area contributed by atoms with E-state index in [0.717, 1.165) is 25.4 Å². The molecule has 2 fully saturated rings. The Morgan fingerprint density at radius 2 is 2.14 bits per heavy atom. The number of pyridine rings is 1. The zero-order chi connectivity index (χ0) is 14.8. The first-order chi connectivity index (χ1) is 10.1. The van der Waals surface area contributed by atoms with E-state index < -0.39 is 0 Å². The maximum atomic E-state index is 5.97. The van der Waals surface area contributed by atoms with Crippen LogP contribution in [0.5, 0.6) is 5.88 Å². The quantitative estimate of drug-likeness (QED) is 0.927. The number of morpholine rings is 1. The number of nitrogens with zero attached hydrogens (tertiary/aromatic N) is 2. The molecule has 0 amide bonds. The van der Waals surface area contributed by atoms with Crippen molar-refractivity contribution in [2.45, 2.75) is 57.8 Å². The molecule has 2 N–H and O–H groups in total. The van der Waals surface area contributed by atoms with Gasteiger partial charge in [0.25, 0.3) is 0 Å². The minimum absolute atomic E-state index is 0.0715. The third kappa shape index (κ3) is 3.07. The molecule has 0 radical (unpaired) electrons. The highest BCUT2D eigenvalue weighted by Crippen LogP contribution is 2.33. The second-order valence-corrected chi connectivity index (χ2v) is 6.18. The van der Waals surface area contributed by atoms with Crippen molar-refractivity contribution in [2.24, 2.45) is 0 Å². The lowest BCUT2D eigenvalue weighted by Crippen LogP contribution is -2.53. The number of nitrogens with two attached hydrogens (primary N) is 1. The van der Waals surface area contributed by atoms with Crippen LogP contribution in [-0.2, 0) is 4.74 Å². The van der Waals surface area contributed by atoms with Gasteiger partial charge in [0.1, 0.15) is 5.82 Å². The number of anilines is 2. The molecule has 21 heavy (non-hydrogen) atoms. The summed E-state index contributed by atoms with van der Waals surface area (Å²) < 4.78 is 11.6. The van der Waals surface area contributed by atoms with E-state index in [1.54, 1.807) is 0 Å². The van der Waals surface area contributed by atoms with Crippen LogP contribution >= 0.6 is 0 Å². The van der Waals surface area contributed by atoms with Crippen molar-refractivity contribution < 1.29 is 9.47 Å². The van der Waals surface area contributed by atoms with Gasteiger partial charge in [0.05, 0.1) is 30.5 Å². The summed E-state index contributed by atoms with van der Waals surface area (Å²) in [5.41, 5.74) is 6.57. The molecule has 3 rings (SSSR count). The fourth-order valence-corrected chi connectivity index (χ4v) is 3.30. The van der Waals surface area contributed by atoms with Crippen molar-refractivity contribution in [2.75, 3.05) is 23.8 Å². The number of rotatable bonds is 3. The summed E-state index contributed by atoms with van der Waals surface area (Å²) in [5.74, 6) is 1.50. The number of fused-ring (bicyclic) bond motifs is 1. The molecule has 0 bridgehead atoms. The zero-order valence-corrected chi connectivity index (χ0v) is 12.9. The summed E-state index contributed by atoms with van der Waals surface area (Å²) >= 11 is 0. The van der Waals surface area contributed by atoms with Gasteiger partial charge in [0.15, 0.2) is 0 Å². The third-order valence-corrected chi connectivity index (χ3v) is 4.25. The van der Waals surface area contributed by atoms with Crippen LogP contribution in [-0.4, -0.2) is 36.4 Å². The Morgan fingerprint density at radius 3 is 2.95 bits per heavy atom. The van der Waals surface area contributed by atoms with Crippen molar-refractivity contribution in [3.63, 3.8) is 0 Å². The fourth-order valence-electron chi connectivity index (χ4n) is 3.30.